The Morgan fingerprint density at radius 1 is 0.750 bits per heavy atom. The fourth-order valence-corrected chi connectivity index (χ4v) is 9.49. The molecule has 0 atom stereocenters. The molecule has 4 heterocycles. The van der Waals surface area contributed by atoms with Crippen LogP contribution in [0.2, 0.25) is 0 Å². The minimum absolute atomic E-state index is 0.312. The zero-order valence-electron chi connectivity index (χ0n) is 9.42. The number of nitrogens with one attached hydrogen (secondary N) is 2. The Bertz CT molecular complexity index is 796. The molecule has 0 unspecified atom stereocenters. The normalized spacial score (nSPS) is 20.6. The standard InChI is InChI=1S/C10H4N2O2S6/c13-4-3-5(12-10(14)11-4)18-8(17-3)9-19-6-7(20-9)16-2-1-15-6/h1-2H,(H2,11,12,13,14). The average Bonchev–Trinajstić information content (AvgIpc) is 3.01. The van der Waals surface area contributed by atoms with E-state index in [9.17, 15) is 9.59 Å². The lowest BCUT2D eigenvalue weighted by molar-refractivity contribution is 0.881. The zero-order chi connectivity index (χ0) is 13.7. The number of rotatable bonds is 0. The van der Waals surface area contributed by atoms with Crippen molar-refractivity contribution in [2.24, 2.45) is 0 Å². The van der Waals surface area contributed by atoms with E-state index in [1.165, 1.54) is 36.2 Å². The molecular formula is C10H4N2O2S6. The highest BCUT2D eigenvalue weighted by molar-refractivity contribution is 8.43. The number of thioether (sulfide) groups is 6. The number of aromatic nitrogens is 2. The summed E-state index contributed by atoms with van der Waals surface area (Å²) in [4.78, 5) is 28.6. The van der Waals surface area contributed by atoms with E-state index >= 15 is 0 Å². The van der Waals surface area contributed by atoms with E-state index in [1.54, 1.807) is 47.0 Å². The van der Waals surface area contributed by atoms with Gasteiger partial charge in [-0.15, -0.1) is 0 Å². The van der Waals surface area contributed by atoms with Crippen LogP contribution >= 0.6 is 70.6 Å². The van der Waals surface area contributed by atoms with Gasteiger partial charge in [0.15, 0.2) is 0 Å². The number of aromatic amines is 2. The predicted octanol–water partition coefficient (Wildman–Crippen LogP) is 3.95. The maximum atomic E-state index is 11.8. The van der Waals surface area contributed by atoms with Gasteiger partial charge in [0.2, 0.25) is 0 Å². The van der Waals surface area contributed by atoms with E-state index in [2.05, 4.69) is 20.8 Å². The van der Waals surface area contributed by atoms with Crippen molar-refractivity contribution in [3.63, 3.8) is 0 Å². The van der Waals surface area contributed by atoms with Crippen molar-refractivity contribution in [3.8, 4) is 0 Å². The Labute approximate surface area is 138 Å². The largest absolute Gasteiger partial charge is 0.326 e. The zero-order valence-corrected chi connectivity index (χ0v) is 14.3. The van der Waals surface area contributed by atoms with Crippen LogP contribution in [-0.2, 0) is 0 Å². The minimum Gasteiger partial charge on any atom is -0.301 e. The lowest BCUT2D eigenvalue weighted by Gasteiger charge is -2.02. The van der Waals surface area contributed by atoms with Crippen LogP contribution in [0.5, 0.6) is 0 Å². The van der Waals surface area contributed by atoms with Crippen molar-refractivity contribution < 1.29 is 0 Å². The van der Waals surface area contributed by atoms with Crippen LogP contribution in [0.15, 0.2) is 47.3 Å². The summed E-state index contributed by atoms with van der Waals surface area (Å²) in [5.41, 5.74) is -0.763. The molecule has 0 fully saturated rings. The van der Waals surface area contributed by atoms with E-state index < -0.39 is 5.69 Å². The molecule has 4 nitrogen and oxygen atoms in total. The molecule has 3 aliphatic rings. The van der Waals surface area contributed by atoms with Crippen LogP contribution in [0.4, 0.5) is 0 Å². The van der Waals surface area contributed by atoms with Crippen molar-refractivity contribution >= 4 is 70.6 Å². The second kappa shape index (κ2) is 5.33. The molecule has 3 aliphatic heterocycles. The van der Waals surface area contributed by atoms with Gasteiger partial charge < -0.3 is 4.98 Å². The van der Waals surface area contributed by atoms with E-state index in [0.29, 0.717) is 9.92 Å². The lowest BCUT2D eigenvalue weighted by Crippen LogP contribution is -2.23. The third kappa shape index (κ3) is 2.35. The molecule has 1 aromatic rings. The van der Waals surface area contributed by atoms with Gasteiger partial charge >= 0.3 is 5.69 Å². The number of H-pyrrole nitrogens is 2. The van der Waals surface area contributed by atoms with Crippen molar-refractivity contribution in [1.82, 2.24) is 9.97 Å². The summed E-state index contributed by atoms with van der Waals surface area (Å²) in [6, 6.07) is 0. The first kappa shape index (κ1) is 13.6. The number of fused-ring (bicyclic) bond motifs is 1. The first-order valence-electron chi connectivity index (χ1n) is 5.25. The molecule has 0 spiro atoms. The summed E-state index contributed by atoms with van der Waals surface area (Å²) in [6.07, 6.45) is 0. The Morgan fingerprint density at radius 3 is 2.10 bits per heavy atom. The topological polar surface area (TPSA) is 65.7 Å². The van der Waals surface area contributed by atoms with Gasteiger partial charge in [0, 0.05) is 0 Å². The van der Waals surface area contributed by atoms with Gasteiger partial charge in [-0.1, -0.05) is 70.6 Å². The Hall–Kier alpha value is -0.000000000000000333. The maximum absolute atomic E-state index is 11.8. The SMILES string of the molecule is O=c1[nH]c2c(c(=O)[nH]1)SC(=C1SC3=C(SC=CS3)S1)S2. The van der Waals surface area contributed by atoms with Crippen molar-refractivity contribution in [1.29, 1.82) is 0 Å². The van der Waals surface area contributed by atoms with E-state index in [4.69, 9.17) is 0 Å². The predicted molar refractivity (Wildman–Crippen MR) is 93.0 cm³/mol. The third-order valence-corrected chi connectivity index (χ3v) is 10.6. The van der Waals surface area contributed by atoms with Gasteiger partial charge in [-0.05, 0) is 10.8 Å². The molecule has 0 amide bonds. The highest BCUT2D eigenvalue weighted by Crippen LogP contribution is 2.64. The van der Waals surface area contributed by atoms with E-state index in [0.717, 1.165) is 4.24 Å². The lowest BCUT2D eigenvalue weighted by atomic mass is 10.6. The van der Waals surface area contributed by atoms with Gasteiger partial charge in [-0.2, -0.15) is 0 Å². The fourth-order valence-electron chi connectivity index (χ4n) is 1.59. The van der Waals surface area contributed by atoms with Crippen LogP contribution < -0.4 is 11.2 Å². The van der Waals surface area contributed by atoms with Crippen LogP contribution in [0.1, 0.15) is 0 Å². The minimum atomic E-state index is -0.451. The fraction of sp³-hybridized carbons (Fsp3) is 0. The van der Waals surface area contributed by atoms with E-state index in [1.807, 2.05) is 0 Å². The molecule has 0 bridgehead atoms. The van der Waals surface area contributed by atoms with Crippen LogP contribution in [0.25, 0.3) is 0 Å². The molecule has 102 valence electrons. The van der Waals surface area contributed by atoms with Gasteiger partial charge in [0.05, 0.1) is 16.9 Å². The van der Waals surface area contributed by atoms with Crippen LogP contribution in [0.3, 0.4) is 0 Å². The molecule has 4 rings (SSSR count). The molecule has 0 aliphatic carbocycles. The van der Waals surface area contributed by atoms with Crippen molar-refractivity contribution in [2.75, 3.05) is 0 Å². The molecule has 0 saturated heterocycles. The molecule has 0 radical (unpaired) electrons. The van der Waals surface area contributed by atoms with Crippen molar-refractivity contribution in [2.45, 2.75) is 9.92 Å². The maximum Gasteiger partial charge on any atom is 0.326 e. The summed E-state index contributed by atoms with van der Waals surface area (Å²) in [7, 11) is 0. The monoisotopic (exact) mass is 376 g/mol. The second-order valence-corrected chi connectivity index (χ2v) is 10.6. The van der Waals surface area contributed by atoms with Gasteiger partial charge in [-0.3, -0.25) is 9.78 Å². The Balaban J connectivity index is 1.68. The highest BCUT2D eigenvalue weighted by atomic mass is 32.3. The third-order valence-electron chi connectivity index (χ3n) is 2.37. The summed E-state index contributed by atoms with van der Waals surface area (Å²) >= 11 is 9.84. The molecule has 0 aromatic carbocycles. The van der Waals surface area contributed by atoms with Crippen LogP contribution in [0, 0.1) is 0 Å². The Kier molecular flexibility index (Phi) is 3.63. The summed E-state index contributed by atoms with van der Waals surface area (Å²) in [6.45, 7) is 0. The second-order valence-electron chi connectivity index (χ2n) is 3.63. The molecule has 10 heteroatoms. The summed E-state index contributed by atoms with van der Waals surface area (Å²) in [5, 5.41) is 4.81. The molecule has 1 aromatic heterocycles. The van der Waals surface area contributed by atoms with Crippen molar-refractivity contribution in [3.05, 3.63) is 48.6 Å². The first-order valence-corrected chi connectivity index (χ1v) is 10.3. The molecule has 20 heavy (non-hydrogen) atoms. The molecule has 0 saturated carbocycles. The quantitative estimate of drug-likeness (QED) is 0.660. The average molecular weight is 377 g/mol. The number of hydrogen-bond acceptors (Lipinski definition) is 8. The van der Waals surface area contributed by atoms with Gasteiger partial charge in [0.1, 0.15) is 9.92 Å². The summed E-state index contributed by atoms with van der Waals surface area (Å²) in [5.74, 6) is 0. The highest BCUT2D eigenvalue weighted by Gasteiger charge is 2.31. The Morgan fingerprint density at radius 2 is 1.40 bits per heavy atom. The van der Waals surface area contributed by atoms with Crippen LogP contribution in [-0.4, -0.2) is 9.97 Å². The van der Waals surface area contributed by atoms with Gasteiger partial charge in [0.25, 0.3) is 5.56 Å². The van der Waals surface area contributed by atoms with E-state index in [-0.39, 0.29) is 5.56 Å². The summed E-state index contributed by atoms with van der Waals surface area (Å²) < 4.78 is 4.84. The first-order chi connectivity index (χ1) is 9.70. The smallest absolute Gasteiger partial charge is 0.301 e. The van der Waals surface area contributed by atoms with Gasteiger partial charge in [-0.25, -0.2) is 4.79 Å². The number of hydrogen-bond donors (Lipinski definition) is 2. The molecule has 2 N–H and O–H groups in total. The molecular weight excluding hydrogens is 373 g/mol.